The molecule has 2 aromatic carbocycles. The van der Waals surface area contributed by atoms with E-state index in [4.69, 9.17) is 4.74 Å². The fourth-order valence-corrected chi connectivity index (χ4v) is 2.07. The normalized spacial score (nSPS) is 11.2. The summed E-state index contributed by atoms with van der Waals surface area (Å²) in [6, 6.07) is 13.7. The zero-order valence-electron chi connectivity index (χ0n) is 14.3. The molecule has 8 heteroatoms. The number of hydrogen-bond donors (Lipinski definition) is 2. The monoisotopic (exact) mass is 363 g/mol. The Bertz CT molecular complexity index is 768. The lowest BCUT2D eigenvalue weighted by atomic mass is 10.1. The van der Waals surface area contributed by atoms with Gasteiger partial charge in [-0.3, -0.25) is 4.79 Å². The summed E-state index contributed by atoms with van der Waals surface area (Å²) in [7, 11) is 1.35. The van der Waals surface area contributed by atoms with Gasteiger partial charge in [-0.05, 0) is 37.3 Å². The van der Waals surface area contributed by atoms with Gasteiger partial charge in [0, 0.05) is 11.3 Å². The van der Waals surface area contributed by atoms with Gasteiger partial charge in [0.2, 0.25) is 0 Å². The Labute approximate surface area is 149 Å². The molecule has 0 heterocycles. The van der Waals surface area contributed by atoms with Gasteiger partial charge < -0.3 is 14.8 Å². The SMILES string of the molecule is COc1cc(/C(C)=N\NC(=O)CNc2ccccc2)ccc1OC(F)F. The van der Waals surface area contributed by atoms with Gasteiger partial charge in [0.15, 0.2) is 11.5 Å². The van der Waals surface area contributed by atoms with E-state index in [1.54, 1.807) is 13.0 Å². The predicted octanol–water partition coefficient (Wildman–Crippen LogP) is 3.25. The van der Waals surface area contributed by atoms with Crippen LogP contribution in [0.15, 0.2) is 53.6 Å². The second-order valence-electron chi connectivity index (χ2n) is 5.20. The second kappa shape index (κ2) is 9.36. The van der Waals surface area contributed by atoms with Gasteiger partial charge in [-0.2, -0.15) is 13.9 Å². The third kappa shape index (κ3) is 5.73. The molecule has 2 aromatic rings. The Morgan fingerprint density at radius 1 is 1.15 bits per heavy atom. The van der Waals surface area contributed by atoms with Crippen LogP contribution in [0.2, 0.25) is 0 Å². The minimum Gasteiger partial charge on any atom is -0.493 e. The van der Waals surface area contributed by atoms with Crippen LogP contribution in [0.3, 0.4) is 0 Å². The molecule has 0 atom stereocenters. The fourth-order valence-electron chi connectivity index (χ4n) is 2.07. The van der Waals surface area contributed by atoms with E-state index in [0.29, 0.717) is 11.3 Å². The number of nitrogens with zero attached hydrogens (tertiary/aromatic N) is 1. The molecule has 2 N–H and O–H groups in total. The average molecular weight is 363 g/mol. The smallest absolute Gasteiger partial charge is 0.387 e. The van der Waals surface area contributed by atoms with E-state index >= 15 is 0 Å². The Hall–Kier alpha value is -3.16. The molecule has 0 spiro atoms. The number of alkyl halides is 2. The molecular weight excluding hydrogens is 344 g/mol. The van der Waals surface area contributed by atoms with Crippen LogP contribution < -0.4 is 20.2 Å². The van der Waals surface area contributed by atoms with Gasteiger partial charge in [-0.1, -0.05) is 18.2 Å². The van der Waals surface area contributed by atoms with E-state index in [9.17, 15) is 13.6 Å². The number of benzene rings is 2. The topological polar surface area (TPSA) is 72.0 Å². The van der Waals surface area contributed by atoms with Crippen LogP contribution in [-0.4, -0.2) is 31.9 Å². The second-order valence-corrected chi connectivity index (χ2v) is 5.20. The van der Waals surface area contributed by atoms with E-state index in [1.807, 2.05) is 30.3 Å². The van der Waals surface area contributed by atoms with Gasteiger partial charge in [-0.15, -0.1) is 0 Å². The molecule has 0 aliphatic heterocycles. The summed E-state index contributed by atoms with van der Waals surface area (Å²) in [5.74, 6) is -0.248. The lowest BCUT2D eigenvalue weighted by Gasteiger charge is -2.11. The Balaban J connectivity index is 1.96. The molecule has 0 unspecified atom stereocenters. The summed E-state index contributed by atoms with van der Waals surface area (Å²) in [5, 5.41) is 6.97. The molecule has 0 fully saturated rings. The minimum absolute atomic E-state index is 0.0608. The van der Waals surface area contributed by atoms with Crippen molar-refractivity contribution in [1.82, 2.24) is 5.43 Å². The first-order valence-corrected chi connectivity index (χ1v) is 7.75. The number of carbonyl (C=O) groups is 1. The summed E-state index contributed by atoms with van der Waals surface area (Å²) < 4.78 is 34.1. The zero-order valence-corrected chi connectivity index (χ0v) is 14.3. The Kier molecular flexibility index (Phi) is 6.90. The third-order valence-corrected chi connectivity index (χ3v) is 3.37. The Morgan fingerprint density at radius 2 is 1.88 bits per heavy atom. The molecule has 2 rings (SSSR count). The number of para-hydroxylation sites is 1. The van der Waals surface area contributed by atoms with E-state index in [2.05, 4.69) is 20.6 Å². The number of nitrogens with one attached hydrogen (secondary N) is 2. The molecule has 0 radical (unpaired) electrons. The maximum Gasteiger partial charge on any atom is 0.387 e. The lowest BCUT2D eigenvalue weighted by molar-refractivity contribution is -0.119. The molecular formula is C18H19F2N3O3. The van der Waals surface area contributed by atoms with Crippen molar-refractivity contribution in [2.75, 3.05) is 19.0 Å². The number of rotatable bonds is 8. The Morgan fingerprint density at radius 3 is 2.54 bits per heavy atom. The maximum atomic E-state index is 12.3. The predicted molar refractivity (Wildman–Crippen MR) is 94.9 cm³/mol. The number of halogens is 2. The molecule has 0 aromatic heterocycles. The molecule has 0 bridgehead atoms. The number of methoxy groups -OCH3 is 1. The largest absolute Gasteiger partial charge is 0.493 e. The van der Waals surface area contributed by atoms with E-state index in [1.165, 1.54) is 19.2 Å². The summed E-state index contributed by atoms with van der Waals surface area (Å²) in [6.07, 6.45) is 0. The molecule has 0 saturated heterocycles. The summed E-state index contributed by atoms with van der Waals surface area (Å²) in [6.45, 7) is -1.21. The van der Waals surface area contributed by atoms with Gasteiger partial charge >= 0.3 is 6.61 Å². The standard InChI is InChI=1S/C18H19F2N3O3/c1-12(13-8-9-15(26-18(19)20)16(10-13)25-2)22-23-17(24)11-21-14-6-4-3-5-7-14/h3-10,18,21H,11H2,1-2H3,(H,23,24)/b22-12-. The first kappa shape index (κ1) is 19.2. The van der Waals surface area contributed by atoms with Gasteiger partial charge in [0.05, 0.1) is 19.4 Å². The average Bonchev–Trinajstić information content (AvgIpc) is 2.65. The fraction of sp³-hybridized carbons (Fsp3) is 0.222. The molecule has 6 nitrogen and oxygen atoms in total. The minimum atomic E-state index is -2.94. The highest BCUT2D eigenvalue weighted by Crippen LogP contribution is 2.29. The summed E-state index contributed by atoms with van der Waals surface area (Å²) >= 11 is 0. The molecule has 138 valence electrons. The van der Waals surface area contributed by atoms with Gasteiger partial charge in [0.1, 0.15) is 0 Å². The van der Waals surface area contributed by atoms with Crippen LogP contribution in [-0.2, 0) is 4.79 Å². The van der Waals surface area contributed by atoms with Crippen LogP contribution in [0, 0.1) is 0 Å². The first-order valence-electron chi connectivity index (χ1n) is 7.75. The van der Waals surface area contributed by atoms with Crippen molar-refractivity contribution in [2.45, 2.75) is 13.5 Å². The van der Waals surface area contributed by atoms with E-state index in [0.717, 1.165) is 5.69 Å². The molecule has 0 saturated carbocycles. The maximum absolute atomic E-state index is 12.3. The number of amides is 1. The van der Waals surface area contributed by atoms with E-state index in [-0.39, 0.29) is 24.0 Å². The van der Waals surface area contributed by atoms with Crippen molar-refractivity contribution >= 4 is 17.3 Å². The first-order chi connectivity index (χ1) is 12.5. The quantitative estimate of drug-likeness (QED) is 0.558. The van der Waals surface area contributed by atoms with Crippen LogP contribution >= 0.6 is 0 Å². The number of carbonyl (C=O) groups excluding carboxylic acids is 1. The van der Waals surface area contributed by atoms with E-state index < -0.39 is 6.61 Å². The highest BCUT2D eigenvalue weighted by Gasteiger charge is 2.12. The van der Waals surface area contributed by atoms with Gasteiger partial charge in [0.25, 0.3) is 5.91 Å². The third-order valence-electron chi connectivity index (χ3n) is 3.37. The number of hydrogen-bond acceptors (Lipinski definition) is 5. The highest BCUT2D eigenvalue weighted by molar-refractivity contribution is 5.99. The van der Waals surface area contributed by atoms with Crippen molar-refractivity contribution < 1.29 is 23.0 Å². The summed E-state index contributed by atoms with van der Waals surface area (Å²) in [5.41, 5.74) is 4.33. The summed E-state index contributed by atoms with van der Waals surface area (Å²) in [4.78, 5) is 11.8. The van der Waals surface area contributed by atoms with Crippen molar-refractivity contribution in [3.05, 3.63) is 54.1 Å². The molecule has 0 aliphatic carbocycles. The van der Waals surface area contributed by atoms with Crippen LogP contribution in [0.1, 0.15) is 12.5 Å². The van der Waals surface area contributed by atoms with Crippen molar-refractivity contribution in [3.63, 3.8) is 0 Å². The van der Waals surface area contributed by atoms with Crippen molar-refractivity contribution in [3.8, 4) is 11.5 Å². The molecule has 0 aliphatic rings. The molecule has 1 amide bonds. The number of hydrazone groups is 1. The number of ether oxygens (including phenoxy) is 2. The lowest BCUT2D eigenvalue weighted by Crippen LogP contribution is -2.26. The van der Waals surface area contributed by atoms with Crippen molar-refractivity contribution in [1.29, 1.82) is 0 Å². The van der Waals surface area contributed by atoms with Gasteiger partial charge in [-0.25, -0.2) is 5.43 Å². The van der Waals surface area contributed by atoms with Crippen molar-refractivity contribution in [2.24, 2.45) is 5.10 Å². The van der Waals surface area contributed by atoms with Crippen LogP contribution in [0.4, 0.5) is 14.5 Å². The number of anilines is 1. The highest BCUT2D eigenvalue weighted by atomic mass is 19.3. The van der Waals surface area contributed by atoms with Crippen LogP contribution in [0.25, 0.3) is 0 Å². The zero-order chi connectivity index (χ0) is 18.9. The van der Waals surface area contributed by atoms with Crippen LogP contribution in [0.5, 0.6) is 11.5 Å². The molecule has 26 heavy (non-hydrogen) atoms.